The van der Waals surface area contributed by atoms with E-state index < -0.39 is 5.82 Å². The van der Waals surface area contributed by atoms with E-state index in [1.165, 1.54) is 0 Å². The standard InChI is InChI=1S/C8H11FN4/c1-3-5(2)7-6(9)4-11-8(12-7)13-10/h3-4H,10H2,1-2H3,(H,11,12,13)/b5-3+. The first-order valence-electron chi connectivity index (χ1n) is 3.81. The number of anilines is 1. The summed E-state index contributed by atoms with van der Waals surface area (Å²) in [6, 6.07) is 0. The van der Waals surface area contributed by atoms with Crippen LogP contribution >= 0.6 is 0 Å². The van der Waals surface area contributed by atoms with Gasteiger partial charge in [0.2, 0.25) is 5.95 Å². The zero-order chi connectivity index (χ0) is 9.84. The molecular weight excluding hydrogens is 171 g/mol. The number of halogens is 1. The third-order valence-corrected chi connectivity index (χ3v) is 1.68. The minimum absolute atomic E-state index is 0.206. The number of hydrazine groups is 1. The second kappa shape index (κ2) is 3.95. The molecule has 5 heteroatoms. The Morgan fingerprint density at radius 2 is 2.38 bits per heavy atom. The van der Waals surface area contributed by atoms with Crippen molar-refractivity contribution < 1.29 is 4.39 Å². The topological polar surface area (TPSA) is 63.8 Å². The van der Waals surface area contributed by atoms with Crippen molar-refractivity contribution in [2.75, 3.05) is 5.43 Å². The maximum absolute atomic E-state index is 13.1. The van der Waals surface area contributed by atoms with Crippen LogP contribution in [0.1, 0.15) is 19.5 Å². The number of nitrogen functional groups attached to an aromatic ring is 1. The summed E-state index contributed by atoms with van der Waals surface area (Å²) in [5, 5.41) is 0. The molecule has 0 aliphatic carbocycles. The Morgan fingerprint density at radius 1 is 1.69 bits per heavy atom. The summed E-state index contributed by atoms with van der Waals surface area (Å²) in [5.41, 5.74) is 3.27. The largest absolute Gasteiger partial charge is 0.292 e. The molecule has 0 saturated carbocycles. The molecule has 0 aliphatic heterocycles. The second-order valence-electron chi connectivity index (χ2n) is 2.51. The van der Waals surface area contributed by atoms with Crippen molar-refractivity contribution in [3.05, 3.63) is 23.8 Å². The molecule has 0 aliphatic rings. The monoisotopic (exact) mass is 182 g/mol. The smallest absolute Gasteiger partial charge is 0.237 e. The van der Waals surface area contributed by atoms with Gasteiger partial charge in [0, 0.05) is 0 Å². The van der Waals surface area contributed by atoms with Gasteiger partial charge in [-0.15, -0.1) is 0 Å². The van der Waals surface area contributed by atoms with Crippen molar-refractivity contribution >= 4 is 11.5 Å². The molecule has 1 aromatic rings. The third kappa shape index (κ3) is 2.00. The third-order valence-electron chi connectivity index (χ3n) is 1.68. The highest BCUT2D eigenvalue weighted by Crippen LogP contribution is 2.15. The molecule has 1 aromatic heterocycles. The zero-order valence-electron chi connectivity index (χ0n) is 7.50. The number of nitrogens with one attached hydrogen (secondary N) is 1. The first kappa shape index (κ1) is 9.60. The molecular formula is C8H11FN4. The summed E-state index contributed by atoms with van der Waals surface area (Å²) < 4.78 is 13.1. The van der Waals surface area contributed by atoms with E-state index in [0.29, 0.717) is 0 Å². The van der Waals surface area contributed by atoms with Crippen LogP contribution in [0.4, 0.5) is 10.3 Å². The Labute approximate surface area is 75.7 Å². The van der Waals surface area contributed by atoms with Crippen LogP contribution in [-0.4, -0.2) is 9.97 Å². The molecule has 1 rings (SSSR count). The predicted molar refractivity (Wildman–Crippen MR) is 49.1 cm³/mol. The molecule has 0 amide bonds. The Bertz CT molecular complexity index is 335. The number of allylic oxidation sites excluding steroid dienone is 2. The minimum Gasteiger partial charge on any atom is -0.292 e. The molecule has 0 fully saturated rings. The van der Waals surface area contributed by atoms with Crippen molar-refractivity contribution in [3.63, 3.8) is 0 Å². The Kier molecular flexibility index (Phi) is 2.92. The van der Waals surface area contributed by atoms with Crippen LogP contribution in [-0.2, 0) is 0 Å². The van der Waals surface area contributed by atoms with Crippen LogP contribution in [0.15, 0.2) is 12.3 Å². The lowest BCUT2D eigenvalue weighted by Crippen LogP contribution is -2.11. The lowest BCUT2D eigenvalue weighted by molar-refractivity contribution is 0.609. The number of hydrogen-bond donors (Lipinski definition) is 2. The van der Waals surface area contributed by atoms with Gasteiger partial charge in [-0.2, -0.15) is 0 Å². The van der Waals surface area contributed by atoms with E-state index in [1.54, 1.807) is 13.0 Å². The van der Waals surface area contributed by atoms with E-state index >= 15 is 0 Å². The predicted octanol–water partition coefficient (Wildman–Crippen LogP) is 1.32. The second-order valence-corrected chi connectivity index (χ2v) is 2.51. The SMILES string of the molecule is C/C=C(\C)c1nc(NN)ncc1F. The first-order valence-corrected chi connectivity index (χ1v) is 3.81. The molecule has 0 radical (unpaired) electrons. The van der Waals surface area contributed by atoms with Gasteiger partial charge >= 0.3 is 0 Å². The quantitative estimate of drug-likeness (QED) is 0.535. The average Bonchev–Trinajstić information content (AvgIpc) is 2.17. The summed E-state index contributed by atoms with van der Waals surface area (Å²) in [6.45, 7) is 3.58. The maximum Gasteiger partial charge on any atom is 0.237 e. The van der Waals surface area contributed by atoms with E-state index in [0.717, 1.165) is 11.8 Å². The lowest BCUT2D eigenvalue weighted by atomic mass is 10.2. The molecule has 3 N–H and O–H groups in total. The molecule has 4 nitrogen and oxygen atoms in total. The molecule has 0 saturated heterocycles. The normalized spacial score (nSPS) is 11.5. The number of hydrogen-bond acceptors (Lipinski definition) is 4. The van der Waals surface area contributed by atoms with Crippen LogP contribution in [0.25, 0.3) is 5.57 Å². The van der Waals surface area contributed by atoms with E-state index in [4.69, 9.17) is 5.84 Å². The fourth-order valence-corrected chi connectivity index (χ4v) is 0.850. The van der Waals surface area contributed by atoms with Gasteiger partial charge < -0.3 is 0 Å². The number of nitrogens with zero attached hydrogens (tertiary/aromatic N) is 2. The first-order chi connectivity index (χ1) is 6.19. The van der Waals surface area contributed by atoms with Crippen LogP contribution in [0.2, 0.25) is 0 Å². The fourth-order valence-electron chi connectivity index (χ4n) is 0.850. The highest BCUT2D eigenvalue weighted by molar-refractivity contribution is 5.61. The number of nitrogens with two attached hydrogens (primary N) is 1. The fraction of sp³-hybridized carbons (Fsp3) is 0.250. The van der Waals surface area contributed by atoms with Gasteiger partial charge in [0.25, 0.3) is 0 Å². The summed E-state index contributed by atoms with van der Waals surface area (Å²) in [5.74, 6) is 4.85. The molecule has 0 spiro atoms. The number of rotatable bonds is 2. The van der Waals surface area contributed by atoms with Gasteiger partial charge in [-0.1, -0.05) is 6.08 Å². The highest BCUT2D eigenvalue weighted by atomic mass is 19.1. The van der Waals surface area contributed by atoms with Crippen molar-refractivity contribution in [3.8, 4) is 0 Å². The molecule has 0 aromatic carbocycles. The van der Waals surface area contributed by atoms with Crippen LogP contribution in [0, 0.1) is 5.82 Å². The van der Waals surface area contributed by atoms with Gasteiger partial charge in [0.15, 0.2) is 5.82 Å². The summed E-state index contributed by atoms with van der Waals surface area (Å²) in [7, 11) is 0. The maximum atomic E-state index is 13.1. The Morgan fingerprint density at radius 3 is 2.92 bits per heavy atom. The molecule has 0 bridgehead atoms. The van der Waals surface area contributed by atoms with Crippen LogP contribution < -0.4 is 11.3 Å². The van der Waals surface area contributed by atoms with Crippen molar-refractivity contribution in [1.29, 1.82) is 0 Å². The lowest BCUT2D eigenvalue weighted by Gasteiger charge is -2.03. The van der Waals surface area contributed by atoms with E-state index in [9.17, 15) is 4.39 Å². The van der Waals surface area contributed by atoms with E-state index in [2.05, 4.69) is 15.4 Å². The van der Waals surface area contributed by atoms with E-state index in [1.807, 2.05) is 6.92 Å². The van der Waals surface area contributed by atoms with Gasteiger partial charge in [0.1, 0.15) is 5.69 Å². The zero-order valence-corrected chi connectivity index (χ0v) is 7.50. The molecule has 0 atom stereocenters. The van der Waals surface area contributed by atoms with E-state index in [-0.39, 0.29) is 11.6 Å². The van der Waals surface area contributed by atoms with Crippen LogP contribution in [0.3, 0.4) is 0 Å². The van der Waals surface area contributed by atoms with Gasteiger partial charge in [-0.25, -0.2) is 20.2 Å². The van der Waals surface area contributed by atoms with Gasteiger partial charge in [0.05, 0.1) is 6.20 Å². The summed E-state index contributed by atoms with van der Waals surface area (Å²) in [4.78, 5) is 7.50. The molecule has 1 heterocycles. The average molecular weight is 182 g/mol. The van der Waals surface area contributed by atoms with Gasteiger partial charge in [-0.3, -0.25) is 5.43 Å². The molecule has 0 unspecified atom stereocenters. The minimum atomic E-state index is -0.449. The highest BCUT2D eigenvalue weighted by Gasteiger charge is 2.06. The Hall–Kier alpha value is -1.49. The summed E-state index contributed by atoms with van der Waals surface area (Å²) in [6.07, 6.45) is 2.86. The Balaban J connectivity index is 3.19. The van der Waals surface area contributed by atoms with Crippen molar-refractivity contribution in [1.82, 2.24) is 9.97 Å². The van der Waals surface area contributed by atoms with Crippen LogP contribution in [0.5, 0.6) is 0 Å². The van der Waals surface area contributed by atoms with Gasteiger partial charge in [-0.05, 0) is 19.4 Å². The molecule has 13 heavy (non-hydrogen) atoms. The van der Waals surface area contributed by atoms with Crippen molar-refractivity contribution in [2.45, 2.75) is 13.8 Å². The van der Waals surface area contributed by atoms with Crippen molar-refractivity contribution in [2.24, 2.45) is 5.84 Å². The molecule has 70 valence electrons. The summed E-state index contributed by atoms with van der Waals surface area (Å²) >= 11 is 0. The number of aromatic nitrogens is 2.